The van der Waals surface area contributed by atoms with Crippen molar-refractivity contribution in [3.63, 3.8) is 0 Å². The van der Waals surface area contributed by atoms with Gasteiger partial charge in [-0.15, -0.1) is 0 Å². The smallest absolute Gasteiger partial charge is 0.142 e. The van der Waals surface area contributed by atoms with Crippen LogP contribution < -0.4 is 10.1 Å². The van der Waals surface area contributed by atoms with Crippen LogP contribution in [0.3, 0.4) is 0 Å². The van der Waals surface area contributed by atoms with Gasteiger partial charge in [-0.1, -0.05) is 43.4 Å². The van der Waals surface area contributed by atoms with Gasteiger partial charge in [0.2, 0.25) is 0 Å². The predicted octanol–water partition coefficient (Wildman–Crippen LogP) is 4.75. The van der Waals surface area contributed by atoms with Crippen molar-refractivity contribution in [1.29, 1.82) is 0 Å². The van der Waals surface area contributed by atoms with Crippen LogP contribution in [0, 0.1) is 0 Å². The molecule has 0 aromatic heterocycles. The molecule has 108 valence electrons. The Bertz CT molecular complexity index is 512. The molecule has 0 spiro atoms. The number of nitrogens with one attached hydrogen (secondary N) is 1. The molecule has 2 heteroatoms. The van der Waals surface area contributed by atoms with E-state index in [1.165, 1.54) is 11.1 Å². The third kappa shape index (κ3) is 4.96. The monoisotopic (exact) mass is 271 g/mol. The van der Waals surface area contributed by atoms with Gasteiger partial charge in [0.05, 0.1) is 12.8 Å². The lowest BCUT2D eigenvalue weighted by Crippen LogP contribution is -2.05. The summed E-state index contributed by atoms with van der Waals surface area (Å²) in [5.41, 5.74) is 4.57. The van der Waals surface area contributed by atoms with Crippen LogP contribution in [-0.2, 0) is 6.42 Å². The topological polar surface area (TPSA) is 21.3 Å². The molecule has 0 unspecified atom stereocenters. The van der Waals surface area contributed by atoms with Crippen molar-refractivity contribution in [3.05, 3.63) is 59.7 Å². The van der Waals surface area contributed by atoms with Crippen LogP contribution in [-0.4, -0.2) is 13.7 Å². The lowest BCUT2D eigenvalue weighted by Gasteiger charge is -2.13. The summed E-state index contributed by atoms with van der Waals surface area (Å²) in [6.07, 6.45) is 7.22. The largest absolute Gasteiger partial charge is 0.495 e. The zero-order valence-electron chi connectivity index (χ0n) is 13.0. The summed E-state index contributed by atoms with van der Waals surface area (Å²) in [5.74, 6) is 0.892. The summed E-state index contributed by atoms with van der Waals surface area (Å²) in [6, 6.07) is 6.29. The maximum absolute atomic E-state index is 5.44. The second-order valence-electron chi connectivity index (χ2n) is 4.79. The summed E-state index contributed by atoms with van der Waals surface area (Å²) < 4.78 is 5.44. The first-order valence-electron chi connectivity index (χ1n) is 7.00. The molecular weight excluding hydrogens is 246 g/mol. The molecule has 0 fully saturated rings. The van der Waals surface area contributed by atoms with Gasteiger partial charge in [0.25, 0.3) is 0 Å². The van der Waals surface area contributed by atoms with Gasteiger partial charge in [-0.25, -0.2) is 0 Å². The summed E-state index contributed by atoms with van der Waals surface area (Å²) in [4.78, 5) is 0. The molecule has 0 radical (unpaired) electrons. The zero-order chi connectivity index (χ0) is 15.0. The number of hydrogen-bond acceptors (Lipinski definition) is 2. The van der Waals surface area contributed by atoms with E-state index >= 15 is 0 Å². The number of benzene rings is 1. The van der Waals surface area contributed by atoms with E-state index < -0.39 is 0 Å². The van der Waals surface area contributed by atoms with E-state index in [0.29, 0.717) is 0 Å². The normalized spacial score (nSPS) is 11.7. The summed E-state index contributed by atoms with van der Waals surface area (Å²) in [5, 5.41) is 3.42. The average Bonchev–Trinajstić information content (AvgIpc) is 2.47. The number of aryl methyl sites for hydroxylation is 1. The molecule has 1 aromatic rings. The minimum absolute atomic E-state index is 0.766. The Labute approximate surface area is 122 Å². The highest BCUT2D eigenvalue weighted by Crippen LogP contribution is 2.26. The Morgan fingerprint density at radius 1 is 1.35 bits per heavy atom. The van der Waals surface area contributed by atoms with Crippen molar-refractivity contribution in [2.75, 3.05) is 19.0 Å². The molecule has 0 bridgehead atoms. The summed E-state index contributed by atoms with van der Waals surface area (Å²) in [7, 11) is 1.71. The van der Waals surface area contributed by atoms with Gasteiger partial charge in [0.1, 0.15) is 5.75 Å². The highest BCUT2D eigenvalue weighted by Gasteiger charge is 2.03. The Kier molecular flexibility index (Phi) is 6.65. The predicted molar refractivity (Wildman–Crippen MR) is 88.6 cm³/mol. The van der Waals surface area contributed by atoms with Crippen molar-refractivity contribution in [2.24, 2.45) is 0 Å². The van der Waals surface area contributed by atoms with E-state index in [9.17, 15) is 0 Å². The van der Waals surface area contributed by atoms with Crippen LogP contribution >= 0.6 is 0 Å². The Hall–Kier alpha value is -1.96. The number of hydrogen-bond donors (Lipinski definition) is 1. The van der Waals surface area contributed by atoms with Crippen LogP contribution in [0.4, 0.5) is 5.69 Å². The molecule has 0 aliphatic heterocycles. The standard InChI is InChI=1S/C18H25NO/c1-6-15-10-11-17(18(12-15)20-5)19-13-16(7-2)9-8-14(3)4/h7-12,19H,3,6,13H2,1-2,4-5H3/b9-8-,16-7+. The van der Waals surface area contributed by atoms with Crippen molar-refractivity contribution >= 4 is 5.69 Å². The number of rotatable bonds is 7. The van der Waals surface area contributed by atoms with E-state index in [-0.39, 0.29) is 0 Å². The SMILES string of the molecule is C=C(C)/C=C\C(=C/C)CNc1ccc(CC)cc1OC. The van der Waals surface area contributed by atoms with Gasteiger partial charge >= 0.3 is 0 Å². The molecule has 0 aliphatic carbocycles. The van der Waals surface area contributed by atoms with Gasteiger partial charge in [0, 0.05) is 6.54 Å². The third-order valence-electron chi connectivity index (χ3n) is 3.11. The molecule has 0 atom stereocenters. The Morgan fingerprint density at radius 2 is 2.10 bits per heavy atom. The average molecular weight is 271 g/mol. The first-order chi connectivity index (χ1) is 9.60. The van der Waals surface area contributed by atoms with Crippen molar-refractivity contribution < 1.29 is 4.74 Å². The van der Waals surface area contributed by atoms with E-state index in [1.54, 1.807) is 7.11 Å². The summed E-state index contributed by atoms with van der Waals surface area (Å²) >= 11 is 0. The van der Waals surface area contributed by atoms with Gasteiger partial charge in [-0.3, -0.25) is 0 Å². The molecule has 0 amide bonds. The highest BCUT2D eigenvalue weighted by molar-refractivity contribution is 5.58. The fourth-order valence-corrected chi connectivity index (χ4v) is 1.81. The fraction of sp³-hybridized carbons (Fsp3) is 0.333. The Balaban J connectivity index is 2.76. The molecule has 0 heterocycles. The quantitative estimate of drug-likeness (QED) is 0.723. The fourth-order valence-electron chi connectivity index (χ4n) is 1.81. The van der Waals surface area contributed by atoms with Crippen LogP contribution in [0.1, 0.15) is 26.3 Å². The number of methoxy groups -OCH3 is 1. The molecule has 2 nitrogen and oxygen atoms in total. The number of ether oxygens (including phenoxy) is 1. The molecule has 20 heavy (non-hydrogen) atoms. The second-order valence-corrected chi connectivity index (χ2v) is 4.79. The van der Waals surface area contributed by atoms with Gasteiger partial charge < -0.3 is 10.1 Å². The van der Waals surface area contributed by atoms with Crippen LogP contribution in [0.15, 0.2) is 54.2 Å². The number of allylic oxidation sites excluding steroid dienone is 3. The van der Waals surface area contributed by atoms with E-state index in [1.807, 2.05) is 19.9 Å². The lowest BCUT2D eigenvalue weighted by molar-refractivity contribution is 0.416. The van der Waals surface area contributed by atoms with Crippen molar-refractivity contribution in [1.82, 2.24) is 0 Å². The van der Waals surface area contributed by atoms with Gasteiger partial charge in [0.15, 0.2) is 0 Å². The van der Waals surface area contributed by atoms with Gasteiger partial charge in [-0.05, 0) is 43.5 Å². The van der Waals surface area contributed by atoms with E-state index in [2.05, 4.69) is 49.2 Å². The molecular formula is C18H25NO. The maximum atomic E-state index is 5.44. The third-order valence-corrected chi connectivity index (χ3v) is 3.11. The van der Waals surface area contributed by atoms with Crippen molar-refractivity contribution in [2.45, 2.75) is 27.2 Å². The minimum atomic E-state index is 0.766. The molecule has 0 aliphatic rings. The summed E-state index contributed by atoms with van der Waals surface area (Å²) in [6.45, 7) is 10.8. The second kappa shape index (κ2) is 8.26. The van der Waals surface area contributed by atoms with Crippen molar-refractivity contribution in [3.8, 4) is 5.75 Å². The van der Waals surface area contributed by atoms with Gasteiger partial charge in [-0.2, -0.15) is 0 Å². The van der Waals surface area contributed by atoms with Crippen LogP contribution in [0.25, 0.3) is 0 Å². The zero-order valence-corrected chi connectivity index (χ0v) is 13.0. The first-order valence-corrected chi connectivity index (χ1v) is 7.00. The molecule has 1 rings (SSSR count). The van der Waals surface area contributed by atoms with E-state index in [4.69, 9.17) is 4.74 Å². The minimum Gasteiger partial charge on any atom is -0.495 e. The number of anilines is 1. The van der Waals surface area contributed by atoms with Crippen LogP contribution in [0.2, 0.25) is 0 Å². The highest BCUT2D eigenvalue weighted by atomic mass is 16.5. The molecule has 1 N–H and O–H groups in total. The lowest BCUT2D eigenvalue weighted by atomic mass is 10.1. The Morgan fingerprint density at radius 3 is 2.65 bits per heavy atom. The van der Waals surface area contributed by atoms with E-state index in [0.717, 1.165) is 30.0 Å². The van der Waals surface area contributed by atoms with Crippen LogP contribution in [0.5, 0.6) is 5.75 Å². The molecule has 1 aromatic carbocycles. The maximum Gasteiger partial charge on any atom is 0.142 e. The molecule has 0 saturated heterocycles. The first kappa shape index (κ1) is 16.1. The molecule has 0 saturated carbocycles.